The summed E-state index contributed by atoms with van der Waals surface area (Å²) < 4.78 is 0. The fourth-order valence-electron chi connectivity index (χ4n) is 3.74. The summed E-state index contributed by atoms with van der Waals surface area (Å²) in [5, 5.41) is 11.5. The Morgan fingerprint density at radius 3 is 2.93 bits per heavy atom. The van der Waals surface area contributed by atoms with E-state index in [1.54, 1.807) is 11.3 Å². The van der Waals surface area contributed by atoms with Crippen molar-refractivity contribution in [3.8, 4) is 0 Å². The fourth-order valence-corrected chi connectivity index (χ4v) is 4.66. The zero-order valence-corrected chi connectivity index (χ0v) is 17.9. The van der Waals surface area contributed by atoms with Gasteiger partial charge in [-0.3, -0.25) is 4.99 Å². The van der Waals surface area contributed by atoms with E-state index in [0.29, 0.717) is 0 Å². The molecular formula is C22H30N6S. The summed E-state index contributed by atoms with van der Waals surface area (Å²) in [6.45, 7) is 6.84. The van der Waals surface area contributed by atoms with Crippen LogP contribution in [0, 0.1) is 0 Å². The number of H-pyrrole nitrogens is 1. The van der Waals surface area contributed by atoms with Gasteiger partial charge in [0.2, 0.25) is 0 Å². The molecule has 1 aliphatic rings. The van der Waals surface area contributed by atoms with Gasteiger partial charge in [0.05, 0.1) is 5.69 Å². The van der Waals surface area contributed by atoms with E-state index in [0.717, 1.165) is 57.2 Å². The van der Waals surface area contributed by atoms with Crippen LogP contribution in [-0.2, 0) is 12.8 Å². The molecule has 0 aliphatic carbocycles. The van der Waals surface area contributed by atoms with Crippen molar-refractivity contribution >= 4 is 33.3 Å². The van der Waals surface area contributed by atoms with Crippen LogP contribution in [0.1, 0.15) is 31.0 Å². The third-order valence-corrected chi connectivity index (χ3v) is 6.21. The third kappa shape index (κ3) is 5.09. The van der Waals surface area contributed by atoms with Crippen LogP contribution in [0.2, 0.25) is 0 Å². The molecule has 3 heterocycles. The summed E-state index contributed by atoms with van der Waals surface area (Å²) >= 11 is 1.76. The molecule has 0 amide bonds. The Kier molecular flexibility index (Phi) is 6.67. The highest BCUT2D eigenvalue weighted by Crippen LogP contribution is 2.24. The summed E-state index contributed by atoms with van der Waals surface area (Å²) in [4.78, 5) is 15.3. The van der Waals surface area contributed by atoms with Gasteiger partial charge in [-0.1, -0.05) is 18.2 Å². The van der Waals surface area contributed by atoms with Gasteiger partial charge in [-0.25, -0.2) is 4.98 Å². The molecule has 3 aromatic rings. The second-order valence-corrected chi connectivity index (χ2v) is 8.20. The van der Waals surface area contributed by atoms with Crippen molar-refractivity contribution in [3.05, 3.63) is 47.1 Å². The van der Waals surface area contributed by atoms with Gasteiger partial charge < -0.3 is 20.5 Å². The lowest BCUT2D eigenvalue weighted by molar-refractivity contribution is 0.796. The maximum Gasteiger partial charge on any atom is 0.191 e. The molecule has 2 aromatic heterocycles. The number of aromatic nitrogens is 2. The molecular weight excluding hydrogens is 380 g/mol. The zero-order valence-electron chi connectivity index (χ0n) is 17.1. The Labute approximate surface area is 176 Å². The van der Waals surface area contributed by atoms with E-state index < -0.39 is 0 Å². The first-order valence-electron chi connectivity index (χ1n) is 10.6. The smallest absolute Gasteiger partial charge is 0.191 e. The quantitative estimate of drug-likeness (QED) is 0.392. The molecule has 1 aromatic carbocycles. The third-order valence-electron chi connectivity index (χ3n) is 5.26. The van der Waals surface area contributed by atoms with Gasteiger partial charge in [-0.15, -0.1) is 11.3 Å². The number of fused-ring (bicyclic) bond motifs is 1. The predicted molar refractivity (Wildman–Crippen MR) is 123 cm³/mol. The molecule has 0 unspecified atom stereocenters. The number of para-hydroxylation sites is 1. The van der Waals surface area contributed by atoms with Crippen molar-refractivity contribution in [3.63, 3.8) is 0 Å². The number of rotatable bonds is 8. The van der Waals surface area contributed by atoms with Crippen molar-refractivity contribution < 1.29 is 0 Å². The minimum absolute atomic E-state index is 0.742. The van der Waals surface area contributed by atoms with Gasteiger partial charge in [0.1, 0.15) is 0 Å². The molecule has 0 saturated carbocycles. The number of nitrogens with one attached hydrogen (secondary N) is 3. The minimum atomic E-state index is 0.742. The summed E-state index contributed by atoms with van der Waals surface area (Å²) in [6, 6.07) is 8.44. The normalized spacial score (nSPS) is 14.7. The highest BCUT2D eigenvalue weighted by Gasteiger charge is 2.15. The second kappa shape index (κ2) is 9.78. The van der Waals surface area contributed by atoms with Crippen molar-refractivity contribution in [1.82, 2.24) is 20.6 Å². The summed E-state index contributed by atoms with van der Waals surface area (Å²) in [6.07, 6.45) is 6.52. The number of guanidine groups is 1. The monoisotopic (exact) mass is 410 g/mol. The zero-order chi connectivity index (χ0) is 19.9. The van der Waals surface area contributed by atoms with Gasteiger partial charge in [-0.2, -0.15) is 0 Å². The number of aliphatic imine (C=N–C) groups is 1. The number of hydrogen-bond donors (Lipinski definition) is 3. The molecule has 6 nitrogen and oxygen atoms in total. The topological polar surface area (TPSA) is 68.3 Å². The Hall–Kier alpha value is -2.54. The number of anilines is 1. The average Bonchev–Trinajstić information content (AvgIpc) is 3.49. The van der Waals surface area contributed by atoms with Gasteiger partial charge in [0, 0.05) is 61.6 Å². The molecule has 0 spiro atoms. The van der Waals surface area contributed by atoms with Crippen LogP contribution in [-0.4, -0.2) is 48.7 Å². The van der Waals surface area contributed by atoms with Crippen LogP contribution in [0.4, 0.5) is 5.13 Å². The summed E-state index contributed by atoms with van der Waals surface area (Å²) in [5.74, 6) is 0.877. The lowest BCUT2D eigenvalue weighted by Gasteiger charge is -2.12. The van der Waals surface area contributed by atoms with E-state index in [2.05, 4.69) is 63.3 Å². The standard InChI is InChI=1S/C22H30N6S/c1-2-23-21(24-11-9-17-15-26-20-8-4-3-7-19(17)20)25-12-10-18-16-29-22(27-18)28-13-5-6-14-28/h3-4,7-8,15-16,26H,2,5-6,9-14H2,1H3,(H2,23,24,25). The molecule has 1 saturated heterocycles. The molecule has 3 N–H and O–H groups in total. The number of aromatic amines is 1. The number of thiazole rings is 1. The largest absolute Gasteiger partial charge is 0.361 e. The SMILES string of the molecule is CCNC(=NCCc1csc(N2CCCC2)n1)NCCc1c[nH]c2ccccc12. The van der Waals surface area contributed by atoms with Crippen LogP contribution in [0.15, 0.2) is 40.8 Å². The fraction of sp³-hybridized carbons (Fsp3) is 0.455. The minimum Gasteiger partial charge on any atom is -0.361 e. The highest BCUT2D eigenvalue weighted by atomic mass is 32.1. The molecule has 1 aliphatic heterocycles. The predicted octanol–water partition coefficient (Wildman–Crippen LogP) is 3.56. The van der Waals surface area contributed by atoms with E-state index in [4.69, 9.17) is 9.98 Å². The number of nitrogens with zero attached hydrogens (tertiary/aromatic N) is 3. The summed E-state index contributed by atoms with van der Waals surface area (Å²) in [5.41, 5.74) is 3.68. The van der Waals surface area contributed by atoms with Crippen LogP contribution in [0.3, 0.4) is 0 Å². The Bertz CT molecular complexity index is 938. The molecule has 0 bridgehead atoms. The lowest BCUT2D eigenvalue weighted by Crippen LogP contribution is -2.38. The maximum atomic E-state index is 4.79. The van der Waals surface area contributed by atoms with E-state index in [9.17, 15) is 0 Å². The van der Waals surface area contributed by atoms with Crippen LogP contribution < -0.4 is 15.5 Å². The number of hydrogen-bond acceptors (Lipinski definition) is 4. The molecule has 7 heteroatoms. The Morgan fingerprint density at radius 2 is 2.07 bits per heavy atom. The van der Waals surface area contributed by atoms with E-state index in [1.165, 1.54) is 34.4 Å². The van der Waals surface area contributed by atoms with Crippen LogP contribution in [0.25, 0.3) is 10.9 Å². The van der Waals surface area contributed by atoms with E-state index in [-0.39, 0.29) is 0 Å². The Morgan fingerprint density at radius 1 is 1.21 bits per heavy atom. The first-order chi connectivity index (χ1) is 14.3. The first-order valence-corrected chi connectivity index (χ1v) is 11.5. The van der Waals surface area contributed by atoms with E-state index in [1.807, 2.05) is 0 Å². The van der Waals surface area contributed by atoms with Gasteiger partial charge in [0.15, 0.2) is 11.1 Å². The number of benzene rings is 1. The second-order valence-electron chi connectivity index (χ2n) is 7.36. The van der Waals surface area contributed by atoms with Gasteiger partial charge in [0.25, 0.3) is 0 Å². The van der Waals surface area contributed by atoms with Crippen molar-refractivity contribution in [2.24, 2.45) is 4.99 Å². The van der Waals surface area contributed by atoms with E-state index >= 15 is 0 Å². The average molecular weight is 411 g/mol. The van der Waals surface area contributed by atoms with Crippen molar-refractivity contribution in [2.45, 2.75) is 32.6 Å². The molecule has 0 atom stereocenters. The first kappa shape index (κ1) is 19.8. The van der Waals surface area contributed by atoms with Crippen molar-refractivity contribution in [2.75, 3.05) is 37.6 Å². The lowest BCUT2D eigenvalue weighted by atomic mass is 10.1. The molecule has 0 radical (unpaired) electrons. The van der Waals surface area contributed by atoms with Gasteiger partial charge >= 0.3 is 0 Å². The van der Waals surface area contributed by atoms with Gasteiger partial charge in [-0.05, 0) is 37.8 Å². The molecule has 29 heavy (non-hydrogen) atoms. The maximum absolute atomic E-state index is 4.79. The molecule has 1 fully saturated rings. The van der Waals surface area contributed by atoms with Crippen LogP contribution >= 0.6 is 11.3 Å². The molecule has 154 valence electrons. The van der Waals surface area contributed by atoms with Crippen LogP contribution in [0.5, 0.6) is 0 Å². The Balaban J connectivity index is 1.27. The van der Waals surface area contributed by atoms with Crippen molar-refractivity contribution in [1.29, 1.82) is 0 Å². The molecule has 4 rings (SSSR count). The highest BCUT2D eigenvalue weighted by molar-refractivity contribution is 7.13. The summed E-state index contributed by atoms with van der Waals surface area (Å²) in [7, 11) is 0.